The first-order valence-corrected chi connectivity index (χ1v) is 3.95. The fourth-order valence-electron chi connectivity index (χ4n) is 0.633. The van der Waals surface area contributed by atoms with Crippen molar-refractivity contribution in [3.8, 4) is 0 Å². The predicted octanol–water partition coefficient (Wildman–Crippen LogP) is 1.83. The van der Waals surface area contributed by atoms with Crippen LogP contribution in [0.3, 0.4) is 0 Å². The number of aliphatic carboxylic acids is 1. The summed E-state index contributed by atoms with van der Waals surface area (Å²) in [7, 11) is 0. The number of esters is 1. The summed E-state index contributed by atoms with van der Waals surface area (Å²) in [5.41, 5.74) is -0.0750. The predicted molar refractivity (Wildman–Crippen MR) is 51.6 cm³/mol. The highest BCUT2D eigenvalue weighted by Gasteiger charge is 2.12. The van der Waals surface area contributed by atoms with Crippen LogP contribution in [0.2, 0.25) is 0 Å². The van der Waals surface area contributed by atoms with Crippen LogP contribution in [0.1, 0.15) is 6.42 Å². The van der Waals surface area contributed by atoms with Gasteiger partial charge in [-0.3, -0.25) is 4.79 Å². The lowest BCUT2D eigenvalue weighted by molar-refractivity contribution is -0.136. The maximum absolute atomic E-state index is 11.1. The molecule has 0 rings (SSSR count). The average molecular weight is 217 g/mol. The Bertz CT molecular complexity index is 304. The van der Waals surface area contributed by atoms with E-state index in [2.05, 4.69) is 17.9 Å². The van der Waals surface area contributed by atoms with E-state index in [4.69, 9.17) is 16.7 Å². The molecule has 14 heavy (non-hydrogen) atoms. The van der Waals surface area contributed by atoms with Crippen LogP contribution in [0.4, 0.5) is 0 Å². The van der Waals surface area contributed by atoms with Gasteiger partial charge < -0.3 is 9.84 Å². The van der Waals surface area contributed by atoms with Gasteiger partial charge in [0.05, 0.1) is 18.3 Å². The third-order valence-corrected chi connectivity index (χ3v) is 1.39. The summed E-state index contributed by atoms with van der Waals surface area (Å²) >= 11 is 5.47. The lowest BCUT2D eigenvalue weighted by Gasteiger charge is -2.01. The third kappa shape index (κ3) is 4.47. The minimum absolute atomic E-state index is 0.0712. The van der Waals surface area contributed by atoms with Crippen LogP contribution >= 0.6 is 11.6 Å². The molecule has 76 valence electrons. The Hall–Kier alpha value is -1.55. The molecule has 0 aromatic heterocycles. The molecule has 0 bridgehead atoms. The molecular formula is C9H9ClO4. The van der Waals surface area contributed by atoms with Gasteiger partial charge in [0, 0.05) is 5.03 Å². The average Bonchev–Trinajstić information content (AvgIpc) is 2.03. The quantitative estimate of drug-likeness (QED) is 0.330. The molecule has 0 aliphatic heterocycles. The Labute approximate surface area is 86.1 Å². The number of halogens is 1. The Balaban J connectivity index is 4.67. The summed E-state index contributed by atoms with van der Waals surface area (Å²) in [6.07, 6.45) is 1.73. The van der Waals surface area contributed by atoms with Gasteiger partial charge in [-0.15, -0.1) is 0 Å². The zero-order chi connectivity index (χ0) is 11.1. The van der Waals surface area contributed by atoms with Crippen molar-refractivity contribution in [2.24, 2.45) is 0 Å². The number of carbonyl (C=O) groups excluding carboxylic acids is 1. The number of ether oxygens (including phenoxy) is 1. The van der Waals surface area contributed by atoms with E-state index < -0.39 is 11.9 Å². The van der Waals surface area contributed by atoms with E-state index in [9.17, 15) is 9.59 Å². The maximum Gasteiger partial charge on any atom is 0.344 e. The SMILES string of the molecule is C=COC(=O)C(=CCC(=O)O)C(=C)Cl. The van der Waals surface area contributed by atoms with Crippen LogP contribution in [0, 0.1) is 0 Å². The largest absolute Gasteiger partial charge is 0.481 e. The summed E-state index contributed by atoms with van der Waals surface area (Å²) in [5.74, 6) is -1.85. The number of carboxylic acids is 1. The van der Waals surface area contributed by atoms with E-state index >= 15 is 0 Å². The molecule has 0 aromatic carbocycles. The first-order chi connectivity index (χ1) is 6.49. The van der Waals surface area contributed by atoms with Crippen molar-refractivity contribution in [2.75, 3.05) is 0 Å². The minimum Gasteiger partial charge on any atom is -0.481 e. The highest BCUT2D eigenvalue weighted by atomic mass is 35.5. The zero-order valence-electron chi connectivity index (χ0n) is 7.33. The van der Waals surface area contributed by atoms with Gasteiger partial charge in [-0.05, 0) is 0 Å². The molecule has 0 heterocycles. The lowest BCUT2D eigenvalue weighted by Crippen LogP contribution is -2.05. The Kier molecular flexibility index (Phi) is 5.33. The number of carboxylic acid groups (broad SMARTS) is 1. The van der Waals surface area contributed by atoms with Crippen LogP contribution in [-0.4, -0.2) is 17.0 Å². The van der Waals surface area contributed by atoms with Gasteiger partial charge in [-0.1, -0.05) is 30.8 Å². The first kappa shape index (κ1) is 12.4. The highest BCUT2D eigenvalue weighted by molar-refractivity contribution is 6.34. The number of rotatable bonds is 5. The normalized spacial score (nSPS) is 10.5. The first-order valence-electron chi connectivity index (χ1n) is 3.57. The second-order valence-electron chi connectivity index (χ2n) is 2.19. The molecule has 0 aliphatic rings. The Morgan fingerprint density at radius 1 is 1.50 bits per heavy atom. The smallest absolute Gasteiger partial charge is 0.344 e. The van der Waals surface area contributed by atoms with Gasteiger partial charge in [0.25, 0.3) is 0 Å². The fraction of sp³-hybridized carbons (Fsp3) is 0.111. The van der Waals surface area contributed by atoms with Crippen molar-refractivity contribution in [2.45, 2.75) is 6.42 Å². The monoisotopic (exact) mass is 216 g/mol. The molecule has 4 nitrogen and oxygen atoms in total. The van der Waals surface area contributed by atoms with Gasteiger partial charge in [0.1, 0.15) is 0 Å². The molecule has 0 atom stereocenters. The van der Waals surface area contributed by atoms with Crippen molar-refractivity contribution >= 4 is 23.5 Å². The van der Waals surface area contributed by atoms with Crippen molar-refractivity contribution in [3.05, 3.63) is 36.1 Å². The molecular weight excluding hydrogens is 208 g/mol. The second kappa shape index (κ2) is 5.99. The van der Waals surface area contributed by atoms with Crippen LogP contribution in [0.15, 0.2) is 36.1 Å². The number of hydrogen-bond acceptors (Lipinski definition) is 3. The second-order valence-corrected chi connectivity index (χ2v) is 2.65. The Morgan fingerprint density at radius 3 is 2.43 bits per heavy atom. The summed E-state index contributed by atoms with van der Waals surface area (Å²) < 4.78 is 4.42. The zero-order valence-corrected chi connectivity index (χ0v) is 8.08. The van der Waals surface area contributed by atoms with Crippen LogP contribution in [-0.2, 0) is 14.3 Å². The van der Waals surface area contributed by atoms with Crippen LogP contribution in [0.5, 0.6) is 0 Å². The van der Waals surface area contributed by atoms with Crippen molar-refractivity contribution in [1.29, 1.82) is 0 Å². The molecule has 0 saturated carbocycles. The summed E-state index contributed by atoms with van der Waals surface area (Å²) in [4.78, 5) is 21.3. The van der Waals surface area contributed by atoms with Crippen molar-refractivity contribution in [1.82, 2.24) is 0 Å². The van der Waals surface area contributed by atoms with Gasteiger partial charge in [0.2, 0.25) is 0 Å². The summed E-state index contributed by atoms with van der Waals surface area (Å²) in [5, 5.41) is 8.30. The molecule has 0 unspecified atom stereocenters. The number of hydrogen-bond donors (Lipinski definition) is 1. The van der Waals surface area contributed by atoms with Gasteiger partial charge in [-0.2, -0.15) is 0 Å². The Morgan fingerprint density at radius 2 is 2.07 bits per heavy atom. The van der Waals surface area contributed by atoms with E-state index in [0.717, 1.165) is 12.3 Å². The molecule has 0 amide bonds. The topological polar surface area (TPSA) is 63.6 Å². The third-order valence-electron chi connectivity index (χ3n) is 1.18. The summed E-state index contributed by atoms with van der Waals surface area (Å²) in [6.45, 7) is 6.48. The summed E-state index contributed by atoms with van der Waals surface area (Å²) in [6, 6.07) is 0. The molecule has 0 fully saturated rings. The van der Waals surface area contributed by atoms with Crippen LogP contribution in [0.25, 0.3) is 0 Å². The minimum atomic E-state index is -1.08. The van der Waals surface area contributed by atoms with Gasteiger partial charge in [-0.25, -0.2) is 4.79 Å². The molecule has 0 aromatic rings. The molecule has 0 aliphatic carbocycles. The maximum atomic E-state index is 11.1. The standard InChI is InChI=1S/C9H9ClO4/c1-3-14-9(13)7(6(2)10)4-5-8(11)12/h3-4H,1-2,5H2,(H,11,12). The van der Waals surface area contributed by atoms with Gasteiger partial charge >= 0.3 is 11.9 Å². The van der Waals surface area contributed by atoms with Crippen molar-refractivity contribution < 1.29 is 19.4 Å². The van der Waals surface area contributed by atoms with E-state index in [1.165, 1.54) is 0 Å². The van der Waals surface area contributed by atoms with Gasteiger partial charge in [0.15, 0.2) is 0 Å². The van der Waals surface area contributed by atoms with E-state index in [1.54, 1.807) is 0 Å². The lowest BCUT2D eigenvalue weighted by atomic mass is 10.2. The van der Waals surface area contributed by atoms with Crippen LogP contribution < -0.4 is 0 Å². The fourth-order valence-corrected chi connectivity index (χ4v) is 0.788. The molecule has 0 spiro atoms. The number of carbonyl (C=O) groups is 2. The van der Waals surface area contributed by atoms with E-state index in [-0.39, 0.29) is 17.0 Å². The molecule has 0 radical (unpaired) electrons. The van der Waals surface area contributed by atoms with Crippen molar-refractivity contribution in [3.63, 3.8) is 0 Å². The molecule has 1 N–H and O–H groups in total. The van der Waals surface area contributed by atoms with E-state index in [0.29, 0.717) is 0 Å². The highest BCUT2D eigenvalue weighted by Crippen LogP contribution is 2.14. The van der Waals surface area contributed by atoms with E-state index in [1.807, 2.05) is 0 Å². The molecule has 5 heteroatoms. The molecule has 0 saturated heterocycles.